The van der Waals surface area contributed by atoms with Crippen LogP contribution in [0.5, 0.6) is 0 Å². The molecule has 0 saturated carbocycles. The van der Waals surface area contributed by atoms with Crippen LogP contribution in [0.1, 0.15) is 19.8 Å². The van der Waals surface area contributed by atoms with Gasteiger partial charge in [-0.2, -0.15) is 4.31 Å². The summed E-state index contributed by atoms with van der Waals surface area (Å²) >= 11 is 0. The van der Waals surface area contributed by atoms with Crippen molar-refractivity contribution in [2.45, 2.75) is 30.7 Å². The SMILES string of the molecule is CC1CN(S(=O)(=O)c2ccccc2[N+](=O)[O-])C2CCC=CC12. The van der Waals surface area contributed by atoms with E-state index in [0.29, 0.717) is 6.54 Å². The Bertz CT molecular complexity index is 729. The Balaban J connectivity index is 2.04. The van der Waals surface area contributed by atoms with Crippen molar-refractivity contribution in [1.82, 2.24) is 4.31 Å². The first-order chi connectivity index (χ1) is 10.4. The van der Waals surface area contributed by atoms with Gasteiger partial charge in [-0.1, -0.05) is 31.2 Å². The van der Waals surface area contributed by atoms with Crippen molar-refractivity contribution < 1.29 is 13.3 Å². The van der Waals surface area contributed by atoms with Crippen molar-refractivity contribution in [3.63, 3.8) is 0 Å². The molecule has 22 heavy (non-hydrogen) atoms. The first-order valence-electron chi connectivity index (χ1n) is 7.35. The topological polar surface area (TPSA) is 80.5 Å². The first-order valence-corrected chi connectivity index (χ1v) is 8.79. The van der Waals surface area contributed by atoms with Crippen molar-refractivity contribution in [2.24, 2.45) is 11.8 Å². The van der Waals surface area contributed by atoms with E-state index in [2.05, 4.69) is 12.2 Å². The van der Waals surface area contributed by atoms with E-state index in [1.807, 2.05) is 6.92 Å². The Morgan fingerprint density at radius 2 is 2.05 bits per heavy atom. The van der Waals surface area contributed by atoms with Crippen LogP contribution in [-0.4, -0.2) is 30.2 Å². The van der Waals surface area contributed by atoms with E-state index in [-0.39, 0.29) is 28.5 Å². The molecule has 1 saturated heterocycles. The summed E-state index contributed by atoms with van der Waals surface area (Å²) in [4.78, 5) is 10.3. The van der Waals surface area contributed by atoms with Gasteiger partial charge >= 0.3 is 0 Å². The van der Waals surface area contributed by atoms with Gasteiger partial charge in [-0.25, -0.2) is 8.42 Å². The summed E-state index contributed by atoms with van der Waals surface area (Å²) in [7, 11) is -3.86. The van der Waals surface area contributed by atoms with Gasteiger partial charge in [0.1, 0.15) is 0 Å². The molecule has 0 aromatic heterocycles. The van der Waals surface area contributed by atoms with Crippen molar-refractivity contribution >= 4 is 15.7 Å². The fraction of sp³-hybridized carbons (Fsp3) is 0.467. The predicted octanol–water partition coefficient (Wildman–Crippen LogP) is 2.57. The second-order valence-corrected chi connectivity index (χ2v) is 7.79. The standard InChI is InChI=1S/C15H18N2O4S/c1-11-10-16(13-7-3-2-6-12(11)13)22(20,21)15-9-5-4-8-14(15)17(18)19/h2,4-6,8-9,11-13H,3,7,10H2,1H3. The molecule has 3 rings (SSSR count). The molecule has 0 spiro atoms. The van der Waals surface area contributed by atoms with Crippen LogP contribution in [0, 0.1) is 22.0 Å². The number of allylic oxidation sites excluding steroid dienone is 1. The van der Waals surface area contributed by atoms with E-state index in [0.717, 1.165) is 12.8 Å². The summed E-state index contributed by atoms with van der Waals surface area (Å²) in [5, 5.41) is 11.1. The second-order valence-electron chi connectivity index (χ2n) is 5.93. The largest absolute Gasteiger partial charge is 0.289 e. The van der Waals surface area contributed by atoms with E-state index in [9.17, 15) is 18.5 Å². The Morgan fingerprint density at radius 1 is 1.32 bits per heavy atom. The molecule has 1 heterocycles. The van der Waals surface area contributed by atoms with E-state index in [1.165, 1.54) is 28.6 Å². The summed E-state index contributed by atoms with van der Waals surface area (Å²) in [5.41, 5.74) is -0.357. The highest BCUT2D eigenvalue weighted by atomic mass is 32.2. The number of para-hydroxylation sites is 1. The van der Waals surface area contributed by atoms with E-state index < -0.39 is 14.9 Å². The van der Waals surface area contributed by atoms with E-state index in [4.69, 9.17) is 0 Å². The molecule has 118 valence electrons. The number of sulfonamides is 1. The van der Waals surface area contributed by atoms with Gasteiger partial charge in [0.05, 0.1) is 4.92 Å². The zero-order valence-corrected chi connectivity index (χ0v) is 13.1. The summed E-state index contributed by atoms with van der Waals surface area (Å²) in [6.07, 6.45) is 5.80. The highest BCUT2D eigenvalue weighted by molar-refractivity contribution is 7.89. The number of nitrogens with zero attached hydrogens (tertiary/aromatic N) is 2. The maximum Gasteiger partial charge on any atom is 0.289 e. The fourth-order valence-electron chi connectivity index (χ4n) is 3.52. The lowest BCUT2D eigenvalue weighted by molar-refractivity contribution is -0.387. The molecule has 0 amide bonds. The highest BCUT2D eigenvalue weighted by Crippen LogP contribution is 2.40. The van der Waals surface area contributed by atoms with Crippen LogP contribution in [-0.2, 0) is 10.0 Å². The summed E-state index contributed by atoms with van der Waals surface area (Å²) < 4.78 is 27.4. The molecule has 6 nitrogen and oxygen atoms in total. The third-order valence-corrected chi connectivity index (χ3v) is 6.51. The normalized spacial score (nSPS) is 28.5. The average molecular weight is 322 g/mol. The average Bonchev–Trinajstić information content (AvgIpc) is 2.86. The minimum absolute atomic E-state index is 0.0928. The first kappa shape index (κ1) is 15.2. The van der Waals surface area contributed by atoms with Crippen LogP contribution >= 0.6 is 0 Å². The van der Waals surface area contributed by atoms with Crippen molar-refractivity contribution in [2.75, 3.05) is 6.54 Å². The van der Waals surface area contributed by atoms with E-state index in [1.54, 1.807) is 0 Å². The molecule has 7 heteroatoms. The number of nitro groups is 1. The third kappa shape index (κ3) is 2.34. The molecule has 0 bridgehead atoms. The van der Waals surface area contributed by atoms with Crippen molar-refractivity contribution in [3.05, 3.63) is 46.5 Å². The number of rotatable bonds is 3. The molecule has 3 unspecified atom stereocenters. The van der Waals surface area contributed by atoms with Crippen LogP contribution in [0.15, 0.2) is 41.3 Å². The molecular weight excluding hydrogens is 304 g/mol. The summed E-state index contributed by atoms with van der Waals surface area (Å²) in [5.74, 6) is 0.422. The maximum atomic E-state index is 13.0. The summed E-state index contributed by atoms with van der Waals surface area (Å²) in [6.45, 7) is 2.44. The maximum absolute atomic E-state index is 13.0. The predicted molar refractivity (Wildman–Crippen MR) is 81.8 cm³/mol. The Kier molecular flexibility index (Phi) is 3.78. The molecule has 0 N–H and O–H groups in total. The van der Waals surface area contributed by atoms with Gasteiger partial charge in [0.15, 0.2) is 4.90 Å². The van der Waals surface area contributed by atoms with Gasteiger partial charge in [0, 0.05) is 18.7 Å². The van der Waals surface area contributed by atoms with Crippen molar-refractivity contribution in [3.8, 4) is 0 Å². The smallest absolute Gasteiger partial charge is 0.258 e. The number of benzene rings is 1. The minimum Gasteiger partial charge on any atom is -0.258 e. The van der Waals surface area contributed by atoms with Crippen LogP contribution in [0.2, 0.25) is 0 Å². The van der Waals surface area contributed by atoms with Gasteiger partial charge in [0.2, 0.25) is 10.0 Å². The number of hydrogen-bond donors (Lipinski definition) is 0. The molecular formula is C15H18N2O4S. The van der Waals surface area contributed by atoms with Crippen molar-refractivity contribution in [1.29, 1.82) is 0 Å². The van der Waals surface area contributed by atoms with Gasteiger partial charge in [-0.05, 0) is 30.7 Å². The number of fused-ring (bicyclic) bond motifs is 1. The highest BCUT2D eigenvalue weighted by Gasteiger charge is 2.46. The lowest BCUT2D eigenvalue weighted by Crippen LogP contribution is -2.38. The van der Waals surface area contributed by atoms with Crippen LogP contribution in [0.25, 0.3) is 0 Å². The molecule has 1 aromatic rings. The Labute approximate surface area is 129 Å². The van der Waals surface area contributed by atoms with Gasteiger partial charge in [-0.3, -0.25) is 10.1 Å². The molecule has 1 fully saturated rings. The zero-order chi connectivity index (χ0) is 15.9. The van der Waals surface area contributed by atoms with Crippen LogP contribution in [0.3, 0.4) is 0 Å². The monoisotopic (exact) mass is 322 g/mol. The lowest BCUT2D eigenvalue weighted by atomic mass is 9.86. The Morgan fingerprint density at radius 3 is 2.77 bits per heavy atom. The molecule has 0 radical (unpaired) electrons. The van der Waals surface area contributed by atoms with Crippen LogP contribution < -0.4 is 0 Å². The third-order valence-electron chi connectivity index (χ3n) is 4.58. The zero-order valence-electron chi connectivity index (χ0n) is 12.3. The van der Waals surface area contributed by atoms with Crippen LogP contribution in [0.4, 0.5) is 5.69 Å². The molecule has 1 aliphatic heterocycles. The van der Waals surface area contributed by atoms with Gasteiger partial charge in [0.25, 0.3) is 5.69 Å². The van der Waals surface area contributed by atoms with Gasteiger partial charge in [-0.15, -0.1) is 0 Å². The van der Waals surface area contributed by atoms with E-state index >= 15 is 0 Å². The molecule has 2 aliphatic rings. The number of nitro benzene ring substituents is 1. The quantitative estimate of drug-likeness (QED) is 0.486. The number of hydrogen-bond acceptors (Lipinski definition) is 4. The minimum atomic E-state index is -3.86. The fourth-order valence-corrected chi connectivity index (χ4v) is 5.46. The summed E-state index contributed by atoms with van der Waals surface area (Å²) in [6, 6.07) is 5.48. The second kappa shape index (κ2) is 5.48. The molecule has 1 aromatic carbocycles. The molecule has 1 aliphatic carbocycles. The lowest BCUT2D eigenvalue weighted by Gasteiger charge is -2.28. The van der Waals surface area contributed by atoms with Gasteiger partial charge < -0.3 is 0 Å². The molecule has 3 atom stereocenters. The Hall–Kier alpha value is -1.73.